The lowest BCUT2D eigenvalue weighted by molar-refractivity contribution is 0.0918. The van der Waals surface area contributed by atoms with E-state index >= 15 is 0 Å². The highest BCUT2D eigenvalue weighted by Gasteiger charge is 2.48. The predicted octanol–water partition coefficient (Wildman–Crippen LogP) is 3.83. The lowest BCUT2D eigenvalue weighted by Crippen LogP contribution is -2.65. The Hall–Kier alpha value is -0.860. The third kappa shape index (κ3) is 3.49. The van der Waals surface area contributed by atoms with Crippen LogP contribution in [0.4, 0.5) is 0 Å². The van der Waals surface area contributed by atoms with Crippen LogP contribution in [0.3, 0.4) is 0 Å². The van der Waals surface area contributed by atoms with Crippen LogP contribution < -0.4 is 10.6 Å². The van der Waals surface area contributed by atoms with Crippen LogP contribution in [0.5, 0.6) is 0 Å². The lowest BCUT2D eigenvalue weighted by atomic mass is 9.69. The average molecular weight is 286 g/mol. The smallest absolute Gasteiger partial charge is 0.0213 e. The molecule has 0 radical (unpaired) electrons. The Bertz CT molecular complexity index is 468. The van der Waals surface area contributed by atoms with Crippen LogP contribution in [0.25, 0.3) is 0 Å². The highest BCUT2D eigenvalue weighted by Crippen LogP contribution is 2.44. The van der Waals surface area contributed by atoms with Crippen molar-refractivity contribution in [1.82, 2.24) is 10.6 Å². The summed E-state index contributed by atoms with van der Waals surface area (Å²) in [5.74, 6) is 0.749. The van der Waals surface area contributed by atoms with Gasteiger partial charge in [-0.15, -0.1) is 0 Å². The Balaban J connectivity index is 1.48. The number of nitrogens with one attached hydrogen (secondary N) is 2. The van der Waals surface area contributed by atoms with Gasteiger partial charge in [-0.1, -0.05) is 37.3 Å². The topological polar surface area (TPSA) is 24.1 Å². The summed E-state index contributed by atoms with van der Waals surface area (Å²) in [7, 11) is 0. The molecule has 3 rings (SSSR count). The molecule has 2 aliphatic carbocycles. The van der Waals surface area contributed by atoms with E-state index in [1.54, 1.807) is 0 Å². The molecule has 2 aliphatic rings. The molecule has 116 valence electrons. The van der Waals surface area contributed by atoms with Crippen molar-refractivity contribution in [2.24, 2.45) is 0 Å². The van der Waals surface area contributed by atoms with Crippen LogP contribution in [0, 0.1) is 0 Å². The molecular formula is C19H30N2. The molecule has 0 amide bonds. The molecular weight excluding hydrogens is 256 g/mol. The van der Waals surface area contributed by atoms with Crippen molar-refractivity contribution < 1.29 is 0 Å². The quantitative estimate of drug-likeness (QED) is 0.859. The van der Waals surface area contributed by atoms with Crippen LogP contribution in [-0.2, 0) is 0 Å². The first-order valence-electron chi connectivity index (χ1n) is 8.51. The fourth-order valence-electron chi connectivity index (χ4n) is 4.03. The fraction of sp³-hybridized carbons (Fsp3) is 0.684. The van der Waals surface area contributed by atoms with Crippen molar-refractivity contribution in [3.05, 3.63) is 35.9 Å². The first-order chi connectivity index (χ1) is 9.91. The Kier molecular flexibility index (Phi) is 3.87. The first kappa shape index (κ1) is 15.1. The fourth-order valence-corrected chi connectivity index (χ4v) is 4.03. The molecule has 0 spiro atoms. The molecule has 2 fully saturated rings. The summed E-state index contributed by atoms with van der Waals surface area (Å²) in [6.07, 6.45) is 5.10. The minimum atomic E-state index is 0.215. The molecule has 0 bridgehead atoms. The molecule has 0 saturated heterocycles. The van der Waals surface area contributed by atoms with Gasteiger partial charge in [0, 0.05) is 29.1 Å². The maximum atomic E-state index is 3.87. The highest BCUT2D eigenvalue weighted by atomic mass is 15.1. The summed E-state index contributed by atoms with van der Waals surface area (Å²) in [6.45, 7) is 9.14. The Labute approximate surface area is 129 Å². The van der Waals surface area contributed by atoms with E-state index in [1.807, 2.05) is 0 Å². The van der Waals surface area contributed by atoms with E-state index in [9.17, 15) is 0 Å². The van der Waals surface area contributed by atoms with Crippen LogP contribution in [-0.4, -0.2) is 23.2 Å². The molecule has 1 aromatic rings. The minimum Gasteiger partial charge on any atom is -0.310 e. The molecule has 0 aliphatic heterocycles. The molecule has 2 nitrogen and oxygen atoms in total. The van der Waals surface area contributed by atoms with Crippen LogP contribution in [0.15, 0.2) is 30.3 Å². The average Bonchev–Trinajstić information content (AvgIpc) is 3.15. The second-order valence-electron chi connectivity index (χ2n) is 8.14. The third-order valence-electron chi connectivity index (χ3n) is 5.06. The highest BCUT2D eigenvalue weighted by molar-refractivity contribution is 5.28. The van der Waals surface area contributed by atoms with Gasteiger partial charge >= 0.3 is 0 Å². The molecule has 0 aromatic heterocycles. The van der Waals surface area contributed by atoms with Crippen molar-refractivity contribution in [3.63, 3.8) is 0 Å². The summed E-state index contributed by atoms with van der Waals surface area (Å²) >= 11 is 0. The zero-order chi connectivity index (χ0) is 15.1. The van der Waals surface area contributed by atoms with Gasteiger partial charge < -0.3 is 10.6 Å². The standard InChI is InChI=1S/C19H30N2/c1-5-19(21-18(2,3)4)12-15(13-19)20-17-11-16(17)14-9-7-6-8-10-14/h6-10,15-17,20-21H,5,11-13H2,1-4H3/t15?,16-,17+,19?/m0/s1. The summed E-state index contributed by atoms with van der Waals surface area (Å²) in [5.41, 5.74) is 2.09. The third-order valence-corrected chi connectivity index (χ3v) is 5.06. The van der Waals surface area contributed by atoms with Crippen molar-refractivity contribution in [2.75, 3.05) is 0 Å². The van der Waals surface area contributed by atoms with Gasteiger partial charge in [0.25, 0.3) is 0 Å². The van der Waals surface area contributed by atoms with Gasteiger partial charge in [-0.2, -0.15) is 0 Å². The monoisotopic (exact) mass is 286 g/mol. The lowest BCUT2D eigenvalue weighted by Gasteiger charge is -2.52. The van der Waals surface area contributed by atoms with Crippen molar-refractivity contribution >= 4 is 0 Å². The van der Waals surface area contributed by atoms with Gasteiger partial charge in [-0.25, -0.2) is 0 Å². The minimum absolute atomic E-state index is 0.215. The van der Waals surface area contributed by atoms with Crippen molar-refractivity contribution in [2.45, 2.75) is 82.5 Å². The molecule has 21 heavy (non-hydrogen) atoms. The van der Waals surface area contributed by atoms with Crippen LogP contribution in [0.2, 0.25) is 0 Å². The Morgan fingerprint density at radius 1 is 1.14 bits per heavy atom. The van der Waals surface area contributed by atoms with Gasteiger partial charge in [-0.3, -0.25) is 0 Å². The van der Waals surface area contributed by atoms with E-state index in [-0.39, 0.29) is 5.54 Å². The number of hydrogen-bond donors (Lipinski definition) is 2. The molecule has 2 saturated carbocycles. The van der Waals surface area contributed by atoms with Gasteiger partial charge in [-0.05, 0) is 52.0 Å². The van der Waals surface area contributed by atoms with E-state index in [4.69, 9.17) is 0 Å². The number of rotatable bonds is 5. The van der Waals surface area contributed by atoms with Crippen LogP contribution in [0.1, 0.15) is 64.9 Å². The van der Waals surface area contributed by atoms with E-state index in [1.165, 1.54) is 31.2 Å². The van der Waals surface area contributed by atoms with Gasteiger partial charge in [0.1, 0.15) is 0 Å². The second kappa shape index (κ2) is 5.40. The molecule has 2 heteroatoms. The van der Waals surface area contributed by atoms with Gasteiger partial charge in [0.05, 0.1) is 0 Å². The normalized spacial score (nSPS) is 35.3. The van der Waals surface area contributed by atoms with Crippen molar-refractivity contribution in [1.29, 1.82) is 0 Å². The predicted molar refractivity (Wildman–Crippen MR) is 89.7 cm³/mol. The summed E-state index contributed by atoms with van der Waals surface area (Å²) < 4.78 is 0. The second-order valence-corrected chi connectivity index (χ2v) is 8.14. The summed E-state index contributed by atoms with van der Waals surface area (Å²) in [5, 5.41) is 7.72. The molecule has 0 heterocycles. The Morgan fingerprint density at radius 2 is 1.81 bits per heavy atom. The number of hydrogen-bond acceptors (Lipinski definition) is 2. The Morgan fingerprint density at radius 3 is 2.38 bits per heavy atom. The molecule has 2 atom stereocenters. The maximum absolute atomic E-state index is 3.87. The van der Waals surface area contributed by atoms with E-state index in [0.717, 1.165) is 5.92 Å². The summed E-state index contributed by atoms with van der Waals surface area (Å²) in [4.78, 5) is 0. The molecule has 2 N–H and O–H groups in total. The number of benzene rings is 1. The SMILES string of the molecule is CCC1(NC(C)(C)C)CC(N[C@@H]2C[C@H]2c2ccccc2)C1. The zero-order valence-corrected chi connectivity index (χ0v) is 13.9. The maximum Gasteiger partial charge on any atom is 0.0213 e. The van der Waals surface area contributed by atoms with E-state index in [2.05, 4.69) is 68.7 Å². The molecule has 0 unspecified atom stereocenters. The summed E-state index contributed by atoms with van der Waals surface area (Å²) in [6, 6.07) is 12.4. The van der Waals surface area contributed by atoms with E-state index in [0.29, 0.717) is 17.6 Å². The first-order valence-corrected chi connectivity index (χ1v) is 8.51. The largest absolute Gasteiger partial charge is 0.310 e. The van der Waals surface area contributed by atoms with Gasteiger partial charge in [0.2, 0.25) is 0 Å². The van der Waals surface area contributed by atoms with Crippen LogP contribution >= 0.6 is 0 Å². The zero-order valence-electron chi connectivity index (χ0n) is 13.9. The van der Waals surface area contributed by atoms with E-state index < -0.39 is 0 Å². The molecule has 1 aromatic carbocycles. The van der Waals surface area contributed by atoms with Crippen molar-refractivity contribution in [3.8, 4) is 0 Å². The van der Waals surface area contributed by atoms with Gasteiger partial charge in [0.15, 0.2) is 0 Å².